The van der Waals surface area contributed by atoms with E-state index in [1.54, 1.807) is 18.2 Å². The molecule has 0 aliphatic heterocycles. The first-order valence-electron chi connectivity index (χ1n) is 9.73. The molecule has 0 spiro atoms. The molecule has 6 heteroatoms. The summed E-state index contributed by atoms with van der Waals surface area (Å²) in [4.78, 5) is 13.2. The molecule has 1 aromatic heterocycles. The second-order valence-corrected chi connectivity index (χ2v) is 7.50. The van der Waals surface area contributed by atoms with Gasteiger partial charge >= 0.3 is 0 Å². The number of halogens is 2. The van der Waals surface area contributed by atoms with E-state index in [1.807, 2.05) is 43.3 Å². The molecular formula is C23H25ClFN2O2+. The molecule has 1 atom stereocenters. The summed E-state index contributed by atoms with van der Waals surface area (Å²) in [6.45, 7) is 4.52. The third-order valence-electron chi connectivity index (χ3n) is 4.56. The molecule has 0 bridgehead atoms. The van der Waals surface area contributed by atoms with Crippen LogP contribution in [0.2, 0.25) is 5.02 Å². The summed E-state index contributed by atoms with van der Waals surface area (Å²) in [7, 11) is 0. The van der Waals surface area contributed by atoms with Crippen molar-refractivity contribution in [3.05, 3.63) is 94.2 Å². The summed E-state index contributed by atoms with van der Waals surface area (Å²) >= 11 is 5.99. The lowest BCUT2D eigenvalue weighted by molar-refractivity contribution is -0.942. The van der Waals surface area contributed by atoms with Crippen molar-refractivity contribution in [1.29, 1.82) is 0 Å². The van der Waals surface area contributed by atoms with Crippen LogP contribution >= 0.6 is 11.6 Å². The molecular weight excluding hydrogens is 391 g/mol. The van der Waals surface area contributed by atoms with E-state index in [9.17, 15) is 9.18 Å². The predicted molar refractivity (Wildman–Crippen MR) is 111 cm³/mol. The van der Waals surface area contributed by atoms with E-state index in [-0.39, 0.29) is 11.7 Å². The van der Waals surface area contributed by atoms with E-state index in [4.69, 9.17) is 16.0 Å². The van der Waals surface area contributed by atoms with Gasteiger partial charge in [0.2, 0.25) is 0 Å². The largest absolute Gasteiger partial charge is 0.450 e. The van der Waals surface area contributed by atoms with Crippen molar-refractivity contribution in [1.82, 2.24) is 5.32 Å². The fraction of sp³-hybridized carbons (Fsp3) is 0.261. The Kier molecular flexibility index (Phi) is 7.44. The van der Waals surface area contributed by atoms with Gasteiger partial charge in [-0.1, -0.05) is 42.8 Å². The lowest BCUT2D eigenvalue weighted by atomic mass is 10.1. The minimum absolute atomic E-state index is 0.206. The van der Waals surface area contributed by atoms with Crippen LogP contribution in [0.3, 0.4) is 0 Å². The number of carbonyl (C=O) groups excluding carboxylic acids is 1. The zero-order chi connectivity index (χ0) is 20.6. The number of carbonyl (C=O) groups is 1. The third-order valence-corrected chi connectivity index (χ3v) is 4.81. The molecule has 0 aliphatic carbocycles. The van der Waals surface area contributed by atoms with Gasteiger partial charge in [-0.05, 0) is 42.8 Å². The molecule has 0 saturated heterocycles. The normalized spacial score (nSPS) is 12.0. The highest BCUT2D eigenvalue weighted by atomic mass is 35.5. The van der Waals surface area contributed by atoms with Crippen molar-refractivity contribution in [2.24, 2.45) is 0 Å². The van der Waals surface area contributed by atoms with E-state index in [0.717, 1.165) is 22.4 Å². The lowest BCUT2D eigenvalue weighted by Crippen LogP contribution is -3.08. The van der Waals surface area contributed by atoms with E-state index in [0.29, 0.717) is 42.7 Å². The van der Waals surface area contributed by atoms with Crippen LogP contribution in [-0.2, 0) is 19.6 Å². The van der Waals surface area contributed by atoms with Crippen LogP contribution in [0.15, 0.2) is 65.1 Å². The van der Waals surface area contributed by atoms with Crippen LogP contribution in [0, 0.1) is 5.82 Å². The van der Waals surface area contributed by atoms with Crippen molar-refractivity contribution in [2.45, 2.75) is 33.0 Å². The minimum Gasteiger partial charge on any atom is -0.450 e. The molecule has 29 heavy (non-hydrogen) atoms. The highest BCUT2D eigenvalue weighted by molar-refractivity contribution is 6.30. The molecule has 0 fully saturated rings. The number of rotatable bonds is 9. The third kappa shape index (κ3) is 6.44. The maximum Gasteiger partial charge on any atom is 0.286 e. The van der Waals surface area contributed by atoms with Crippen LogP contribution in [-0.4, -0.2) is 12.5 Å². The second-order valence-electron chi connectivity index (χ2n) is 7.06. The van der Waals surface area contributed by atoms with Crippen molar-refractivity contribution in [3.63, 3.8) is 0 Å². The standard InChI is InChI=1S/C23H24ClFN2O2/c1-2-12-26-23(28)22-11-10-21(29-22)16-27(14-17-6-8-19(24)9-7-17)15-18-4-3-5-20(25)13-18/h3-11,13H,2,12,14-16H2,1H3,(H,26,28)/p+1. The van der Waals surface area contributed by atoms with Crippen LogP contribution in [0.1, 0.15) is 40.8 Å². The topological polar surface area (TPSA) is 46.7 Å². The Balaban J connectivity index is 1.74. The van der Waals surface area contributed by atoms with Crippen molar-refractivity contribution in [3.8, 4) is 0 Å². The molecule has 1 unspecified atom stereocenters. The summed E-state index contributed by atoms with van der Waals surface area (Å²) in [5.74, 6) is 0.570. The van der Waals surface area contributed by atoms with Crippen LogP contribution < -0.4 is 10.2 Å². The molecule has 2 N–H and O–H groups in total. The smallest absolute Gasteiger partial charge is 0.286 e. The Labute approximate surface area is 175 Å². The lowest BCUT2D eigenvalue weighted by Gasteiger charge is -2.19. The summed E-state index contributed by atoms with van der Waals surface area (Å²) in [6.07, 6.45) is 0.867. The Morgan fingerprint density at radius 2 is 1.79 bits per heavy atom. The zero-order valence-corrected chi connectivity index (χ0v) is 17.1. The van der Waals surface area contributed by atoms with Crippen molar-refractivity contribution >= 4 is 17.5 Å². The molecule has 0 saturated carbocycles. The number of nitrogens with one attached hydrogen (secondary N) is 2. The molecule has 0 aliphatic rings. The Morgan fingerprint density at radius 1 is 1.03 bits per heavy atom. The second kappa shape index (κ2) is 10.2. The highest BCUT2D eigenvalue weighted by Gasteiger charge is 2.17. The summed E-state index contributed by atoms with van der Waals surface area (Å²) in [5.41, 5.74) is 2.02. The molecule has 4 nitrogen and oxygen atoms in total. The van der Waals surface area contributed by atoms with Gasteiger partial charge in [0.15, 0.2) is 11.5 Å². The van der Waals surface area contributed by atoms with Gasteiger partial charge < -0.3 is 14.6 Å². The van der Waals surface area contributed by atoms with Crippen LogP contribution in [0.25, 0.3) is 0 Å². The molecule has 3 aromatic rings. The van der Waals surface area contributed by atoms with E-state index >= 15 is 0 Å². The maximum atomic E-state index is 13.6. The quantitative estimate of drug-likeness (QED) is 0.555. The predicted octanol–water partition coefficient (Wildman–Crippen LogP) is 4.00. The molecule has 152 valence electrons. The number of hydrogen-bond donors (Lipinski definition) is 2. The Bertz CT molecular complexity index is 940. The van der Waals surface area contributed by atoms with Gasteiger partial charge in [-0.2, -0.15) is 0 Å². The van der Waals surface area contributed by atoms with Crippen LogP contribution in [0.4, 0.5) is 4.39 Å². The Hall–Kier alpha value is -2.63. The molecule has 1 amide bonds. The average Bonchev–Trinajstić information content (AvgIpc) is 3.16. The zero-order valence-electron chi connectivity index (χ0n) is 16.4. The number of amides is 1. The van der Waals surface area contributed by atoms with Gasteiger partial charge in [0.1, 0.15) is 25.5 Å². The van der Waals surface area contributed by atoms with E-state index in [1.165, 1.54) is 6.07 Å². The highest BCUT2D eigenvalue weighted by Crippen LogP contribution is 2.10. The summed E-state index contributed by atoms with van der Waals surface area (Å²) in [6, 6.07) is 17.8. The number of quaternary nitrogens is 1. The molecule has 0 radical (unpaired) electrons. The first-order valence-corrected chi connectivity index (χ1v) is 10.1. The maximum absolute atomic E-state index is 13.6. The van der Waals surface area contributed by atoms with Gasteiger partial charge in [-0.15, -0.1) is 0 Å². The van der Waals surface area contributed by atoms with Gasteiger partial charge in [0.05, 0.1) is 0 Å². The summed E-state index contributed by atoms with van der Waals surface area (Å²) < 4.78 is 19.4. The van der Waals surface area contributed by atoms with E-state index < -0.39 is 0 Å². The first kappa shape index (κ1) is 21.1. The van der Waals surface area contributed by atoms with Gasteiger partial charge in [-0.25, -0.2) is 4.39 Å². The number of furan rings is 1. The van der Waals surface area contributed by atoms with Gasteiger partial charge in [0, 0.05) is 22.7 Å². The fourth-order valence-electron chi connectivity index (χ4n) is 3.18. The van der Waals surface area contributed by atoms with Gasteiger partial charge in [0.25, 0.3) is 5.91 Å². The SMILES string of the molecule is CCCNC(=O)c1ccc(C[NH+](Cc2ccc(Cl)cc2)Cc2cccc(F)c2)o1. The molecule has 2 aromatic carbocycles. The van der Waals surface area contributed by atoms with Crippen molar-refractivity contribution in [2.75, 3.05) is 6.54 Å². The first-order chi connectivity index (χ1) is 14.0. The molecule has 3 rings (SSSR count). The van der Waals surface area contributed by atoms with Crippen LogP contribution in [0.5, 0.6) is 0 Å². The Morgan fingerprint density at radius 3 is 2.52 bits per heavy atom. The average molecular weight is 416 g/mol. The fourth-order valence-corrected chi connectivity index (χ4v) is 3.31. The van der Waals surface area contributed by atoms with E-state index in [2.05, 4.69) is 5.32 Å². The molecule has 1 heterocycles. The minimum atomic E-state index is -0.249. The van der Waals surface area contributed by atoms with Gasteiger partial charge in [-0.3, -0.25) is 4.79 Å². The van der Waals surface area contributed by atoms with Crippen molar-refractivity contribution < 1.29 is 18.5 Å². The monoisotopic (exact) mass is 415 g/mol. The summed E-state index contributed by atoms with van der Waals surface area (Å²) in [5, 5.41) is 3.50. The number of benzene rings is 2. The number of hydrogen-bond acceptors (Lipinski definition) is 2.